The number of unbranched alkanes of at least 4 members (excludes halogenated alkanes) is 27. The number of carbonyl (C=O) groups excluding carboxylic acids is 1. The predicted octanol–water partition coefficient (Wildman–Crippen LogP) is 18.1. The first-order valence-electron chi connectivity index (χ1n) is 31.7. The smallest absolute Gasteiger partial charge is 0.268 e. The van der Waals surface area contributed by atoms with Crippen LogP contribution in [0.25, 0.3) is 0 Å². The van der Waals surface area contributed by atoms with E-state index in [4.69, 9.17) is 9.05 Å². The van der Waals surface area contributed by atoms with Crippen molar-refractivity contribution in [3.05, 3.63) is 97.2 Å². The largest absolute Gasteiger partial charge is 0.756 e. The molecule has 0 aliphatic rings. The van der Waals surface area contributed by atoms with Gasteiger partial charge in [-0.05, 0) is 96.3 Å². The highest BCUT2D eigenvalue weighted by Gasteiger charge is 2.29. The van der Waals surface area contributed by atoms with Crippen LogP contribution in [0.15, 0.2) is 97.2 Å². The molecule has 0 aliphatic heterocycles. The van der Waals surface area contributed by atoms with Crippen molar-refractivity contribution in [3.8, 4) is 0 Å². The standard InChI is InChI=1S/C67H121N2O7P/c1-6-8-10-12-14-16-18-20-21-22-23-24-25-26-27-28-29-30-31-32-33-34-35-36-37-38-39-40-41-42-43-44-45-46-47-48-50-52-54-56-58-60-66(71)68-64(63-76-77(73,74)75-62-61-69(3,4)5)67(72)65(70)59-57-55-53-51-49-19-17-15-13-11-9-7-2/h8,10,14,16,20-21,23-24,26-27,29-30,32-33,51,53,64-65,67,70,72H,6-7,9,11-13,15,17-19,22,25,28,31,34-50,52,54-63H2,1-5H3,(H-,68,71,73,74)/b10-8-,16-14-,21-20-,24-23-,27-26-,30-29-,33-32-,53-51+. The molecule has 9 nitrogen and oxygen atoms in total. The Bertz CT molecular complexity index is 1590. The molecule has 1 amide bonds. The number of nitrogens with one attached hydrogen (secondary N) is 1. The van der Waals surface area contributed by atoms with Crippen molar-refractivity contribution in [2.45, 2.75) is 283 Å². The van der Waals surface area contributed by atoms with Crippen LogP contribution in [0.2, 0.25) is 0 Å². The molecular formula is C67H121N2O7P. The van der Waals surface area contributed by atoms with Gasteiger partial charge in [0.15, 0.2) is 0 Å². The van der Waals surface area contributed by atoms with Crippen LogP contribution in [0.4, 0.5) is 0 Å². The first-order valence-corrected chi connectivity index (χ1v) is 33.1. The molecule has 0 saturated carbocycles. The number of quaternary nitrogens is 1. The van der Waals surface area contributed by atoms with E-state index in [2.05, 4.69) is 116 Å². The highest BCUT2D eigenvalue weighted by atomic mass is 31.2. The molecule has 0 rings (SSSR count). The Morgan fingerprint density at radius 2 is 0.818 bits per heavy atom. The fourth-order valence-corrected chi connectivity index (χ4v) is 9.67. The van der Waals surface area contributed by atoms with Crippen molar-refractivity contribution < 1.29 is 38.0 Å². The molecule has 77 heavy (non-hydrogen) atoms. The van der Waals surface area contributed by atoms with E-state index < -0.39 is 32.7 Å². The van der Waals surface area contributed by atoms with E-state index in [1.165, 1.54) is 148 Å². The van der Waals surface area contributed by atoms with Gasteiger partial charge in [-0.15, -0.1) is 0 Å². The van der Waals surface area contributed by atoms with Gasteiger partial charge in [-0.2, -0.15) is 0 Å². The number of rotatable bonds is 57. The van der Waals surface area contributed by atoms with Gasteiger partial charge in [-0.25, -0.2) is 0 Å². The molecule has 0 spiro atoms. The lowest BCUT2D eigenvalue weighted by Crippen LogP contribution is -2.51. The lowest BCUT2D eigenvalue weighted by Gasteiger charge is -2.31. The van der Waals surface area contributed by atoms with Gasteiger partial charge >= 0.3 is 0 Å². The summed E-state index contributed by atoms with van der Waals surface area (Å²) in [5.41, 5.74) is 0. The van der Waals surface area contributed by atoms with E-state index in [0.29, 0.717) is 30.3 Å². The molecule has 0 aliphatic carbocycles. The molecular weight excluding hydrogens is 976 g/mol. The highest BCUT2D eigenvalue weighted by Crippen LogP contribution is 2.38. The summed E-state index contributed by atoms with van der Waals surface area (Å²) in [5, 5.41) is 24.7. The van der Waals surface area contributed by atoms with E-state index in [9.17, 15) is 24.5 Å². The number of hydrogen-bond donors (Lipinski definition) is 3. The molecule has 0 fully saturated rings. The van der Waals surface area contributed by atoms with E-state index in [1.54, 1.807) is 0 Å². The number of hydrogen-bond acceptors (Lipinski definition) is 7. The summed E-state index contributed by atoms with van der Waals surface area (Å²) in [6.07, 6.45) is 77.9. The monoisotopic (exact) mass is 1100 g/mol. The summed E-state index contributed by atoms with van der Waals surface area (Å²) < 4.78 is 23.3. The first kappa shape index (κ1) is 74.4. The van der Waals surface area contributed by atoms with Crippen LogP contribution in [0, 0.1) is 0 Å². The zero-order chi connectivity index (χ0) is 56.4. The van der Waals surface area contributed by atoms with Crippen molar-refractivity contribution in [2.75, 3.05) is 40.9 Å². The molecule has 446 valence electrons. The number of allylic oxidation sites excluding steroid dienone is 16. The molecule has 10 heteroatoms. The van der Waals surface area contributed by atoms with Gasteiger partial charge in [0.2, 0.25) is 5.91 Å². The van der Waals surface area contributed by atoms with Gasteiger partial charge in [-0.1, -0.05) is 259 Å². The van der Waals surface area contributed by atoms with Crippen LogP contribution in [-0.2, 0) is 18.4 Å². The molecule has 3 N–H and O–H groups in total. The lowest BCUT2D eigenvalue weighted by atomic mass is 10.0. The topological polar surface area (TPSA) is 128 Å². The second-order valence-corrected chi connectivity index (χ2v) is 23.9. The second kappa shape index (κ2) is 56.6. The third kappa shape index (κ3) is 57.9. The predicted molar refractivity (Wildman–Crippen MR) is 331 cm³/mol. The van der Waals surface area contributed by atoms with Crippen LogP contribution in [0.1, 0.15) is 264 Å². The maximum absolute atomic E-state index is 13.0. The number of phosphoric acid groups is 1. The van der Waals surface area contributed by atoms with Crippen molar-refractivity contribution in [1.82, 2.24) is 5.32 Å². The molecule has 0 aromatic rings. The minimum atomic E-state index is -4.68. The van der Waals surface area contributed by atoms with Gasteiger partial charge in [0.1, 0.15) is 19.3 Å². The number of phosphoric ester groups is 1. The Morgan fingerprint density at radius 1 is 0.481 bits per heavy atom. The van der Waals surface area contributed by atoms with Gasteiger partial charge in [0.05, 0.1) is 39.9 Å². The highest BCUT2D eigenvalue weighted by molar-refractivity contribution is 7.45. The number of nitrogens with zero attached hydrogens (tertiary/aromatic N) is 1. The summed E-state index contributed by atoms with van der Waals surface area (Å²) in [6, 6.07) is -1.09. The third-order valence-electron chi connectivity index (χ3n) is 13.9. The normalized spacial score (nSPS) is 14.9. The Labute approximate surface area is 475 Å². The van der Waals surface area contributed by atoms with Crippen molar-refractivity contribution in [1.29, 1.82) is 0 Å². The van der Waals surface area contributed by atoms with Crippen LogP contribution < -0.4 is 10.2 Å². The van der Waals surface area contributed by atoms with Crippen LogP contribution in [0.3, 0.4) is 0 Å². The fourth-order valence-electron chi connectivity index (χ4n) is 8.94. The van der Waals surface area contributed by atoms with Crippen LogP contribution in [-0.4, -0.2) is 79.8 Å². The quantitative estimate of drug-likeness (QED) is 0.0239. The number of carbonyl (C=O) groups is 1. The van der Waals surface area contributed by atoms with Gasteiger partial charge in [0.25, 0.3) is 7.82 Å². The molecule has 0 radical (unpaired) electrons. The number of amides is 1. The maximum Gasteiger partial charge on any atom is 0.268 e. The maximum atomic E-state index is 13.0. The summed E-state index contributed by atoms with van der Waals surface area (Å²) in [5.74, 6) is -0.288. The molecule has 0 saturated heterocycles. The summed E-state index contributed by atoms with van der Waals surface area (Å²) in [7, 11) is 1.11. The average molecular weight is 1100 g/mol. The molecule has 4 atom stereocenters. The lowest BCUT2D eigenvalue weighted by molar-refractivity contribution is -0.870. The summed E-state index contributed by atoms with van der Waals surface area (Å²) >= 11 is 0. The SMILES string of the molecule is CC/C=C\C/C=C\C/C=C\C/C=C\C/C=C\C/C=C\C/C=C\CCCCCCCCCCCCCCCCCCCCCC(=O)NC(COP(=O)([O-])OCC[N+](C)(C)C)C(O)C(O)CCC/C=C/CCCCCCCCC. The Kier molecular flexibility index (Phi) is 54.7. The zero-order valence-electron chi connectivity index (χ0n) is 50.5. The van der Waals surface area contributed by atoms with Gasteiger partial charge in [0, 0.05) is 6.42 Å². The fraction of sp³-hybridized carbons (Fsp3) is 0.746. The van der Waals surface area contributed by atoms with Crippen molar-refractivity contribution in [2.24, 2.45) is 0 Å². The molecule has 4 unspecified atom stereocenters. The van der Waals surface area contributed by atoms with E-state index in [-0.39, 0.29) is 18.9 Å². The molecule has 0 heterocycles. The minimum absolute atomic E-state index is 0.0477. The molecule has 0 bridgehead atoms. The van der Waals surface area contributed by atoms with E-state index >= 15 is 0 Å². The Balaban J connectivity index is 3.99. The number of aliphatic hydroxyl groups excluding tert-OH is 2. The van der Waals surface area contributed by atoms with Crippen molar-refractivity contribution in [3.63, 3.8) is 0 Å². The van der Waals surface area contributed by atoms with Crippen LogP contribution >= 0.6 is 7.82 Å². The number of aliphatic hydroxyl groups is 2. The summed E-state index contributed by atoms with van der Waals surface area (Å²) in [6.45, 7) is 4.30. The minimum Gasteiger partial charge on any atom is -0.756 e. The first-order chi connectivity index (χ1) is 37.4. The van der Waals surface area contributed by atoms with Crippen molar-refractivity contribution >= 4 is 13.7 Å². The van der Waals surface area contributed by atoms with E-state index in [1.807, 2.05) is 21.1 Å². The third-order valence-corrected chi connectivity index (χ3v) is 14.9. The van der Waals surface area contributed by atoms with E-state index in [0.717, 1.165) is 77.0 Å². The number of likely N-dealkylation sites (N-methyl/N-ethyl adjacent to an activating group) is 1. The van der Waals surface area contributed by atoms with Crippen LogP contribution in [0.5, 0.6) is 0 Å². The zero-order valence-corrected chi connectivity index (χ0v) is 51.4. The second-order valence-electron chi connectivity index (χ2n) is 22.5. The van der Waals surface area contributed by atoms with Gasteiger partial charge in [-0.3, -0.25) is 9.36 Å². The molecule has 0 aromatic carbocycles. The Morgan fingerprint density at radius 3 is 1.21 bits per heavy atom. The molecule has 0 aromatic heterocycles. The van der Waals surface area contributed by atoms with Gasteiger partial charge < -0.3 is 34.0 Å². The Hall–Kier alpha value is -2.62. The average Bonchev–Trinajstić information content (AvgIpc) is 3.39. The summed E-state index contributed by atoms with van der Waals surface area (Å²) in [4.78, 5) is 25.5.